The van der Waals surface area contributed by atoms with Gasteiger partial charge >= 0.3 is 12.2 Å². The number of hydrogen-bond donors (Lipinski definition) is 1. The van der Waals surface area contributed by atoms with Gasteiger partial charge in [0.05, 0.1) is 37.4 Å². The molecule has 0 spiro atoms. The molecule has 0 fully saturated rings. The molecule has 4 aromatic rings. The van der Waals surface area contributed by atoms with E-state index in [1.165, 1.54) is 19.2 Å². The maximum atomic E-state index is 14.0. The molecule has 3 aromatic carbocycles. The largest absolute Gasteiger partial charge is 0.493 e. The summed E-state index contributed by atoms with van der Waals surface area (Å²) < 4.78 is 54.0. The number of carbonyl (C=O) groups excluding carboxylic acids is 1. The number of nitrogens with zero attached hydrogens (tertiary/aromatic N) is 4. The Morgan fingerprint density at radius 2 is 1.61 bits per heavy atom. The highest BCUT2D eigenvalue weighted by molar-refractivity contribution is 6.14. The van der Waals surface area contributed by atoms with Crippen molar-refractivity contribution in [1.82, 2.24) is 20.1 Å². The molecule has 1 aliphatic rings. The summed E-state index contributed by atoms with van der Waals surface area (Å²) in [7, 11) is 4.59. The quantitative estimate of drug-likeness (QED) is 0.327. The van der Waals surface area contributed by atoms with Crippen LogP contribution in [-0.2, 0) is 12.6 Å². The molecule has 0 radical (unpaired) electrons. The topological polar surface area (TPSA) is 81.0 Å². The first-order valence-electron chi connectivity index (χ1n) is 12.8. The van der Waals surface area contributed by atoms with Gasteiger partial charge < -0.3 is 14.8 Å². The summed E-state index contributed by atoms with van der Waals surface area (Å²) in [5.74, 6) is 1.02. The Morgan fingerprint density at radius 3 is 2.22 bits per heavy atom. The van der Waals surface area contributed by atoms with E-state index in [1.54, 1.807) is 67.8 Å². The SMILES string of the molecule is CNC(=O)N1N=C(c2ccc(-n3nc(-c4ccccc4)cc3C(F)(F)F)cc2)c2cc(OC)c(OC)cc2CC1C. The number of ether oxygens (including phenoxy) is 2. The molecule has 1 aromatic heterocycles. The molecule has 1 unspecified atom stereocenters. The lowest BCUT2D eigenvalue weighted by molar-refractivity contribution is -0.142. The van der Waals surface area contributed by atoms with Crippen LogP contribution >= 0.6 is 0 Å². The van der Waals surface area contributed by atoms with E-state index in [4.69, 9.17) is 14.6 Å². The van der Waals surface area contributed by atoms with Crippen LogP contribution in [-0.4, -0.2) is 53.8 Å². The van der Waals surface area contributed by atoms with E-state index < -0.39 is 17.9 Å². The van der Waals surface area contributed by atoms with Crippen LogP contribution < -0.4 is 14.8 Å². The number of benzene rings is 3. The van der Waals surface area contributed by atoms with Crippen molar-refractivity contribution in [2.24, 2.45) is 5.10 Å². The second-order valence-electron chi connectivity index (χ2n) is 9.50. The first kappa shape index (κ1) is 27.8. The van der Waals surface area contributed by atoms with Crippen LogP contribution in [0.1, 0.15) is 29.3 Å². The maximum Gasteiger partial charge on any atom is 0.433 e. The van der Waals surface area contributed by atoms with Crippen molar-refractivity contribution in [2.75, 3.05) is 21.3 Å². The third-order valence-electron chi connectivity index (χ3n) is 6.88. The highest BCUT2D eigenvalue weighted by Crippen LogP contribution is 2.36. The van der Waals surface area contributed by atoms with Crippen molar-refractivity contribution >= 4 is 11.7 Å². The number of rotatable bonds is 5. The van der Waals surface area contributed by atoms with Gasteiger partial charge in [-0.15, -0.1) is 0 Å². The Morgan fingerprint density at radius 1 is 0.951 bits per heavy atom. The Bertz CT molecular complexity index is 1600. The zero-order chi connectivity index (χ0) is 29.3. The molecule has 0 saturated heterocycles. The normalized spacial score (nSPS) is 15.0. The first-order valence-corrected chi connectivity index (χ1v) is 12.8. The molecule has 0 saturated carbocycles. The number of hydrogen-bond acceptors (Lipinski definition) is 5. The number of halogens is 3. The number of nitrogens with one attached hydrogen (secondary N) is 1. The molecule has 41 heavy (non-hydrogen) atoms. The molecular formula is C30H28F3N5O3. The predicted molar refractivity (Wildman–Crippen MR) is 149 cm³/mol. The lowest BCUT2D eigenvalue weighted by Gasteiger charge is -2.22. The third-order valence-corrected chi connectivity index (χ3v) is 6.88. The molecule has 0 bridgehead atoms. The van der Waals surface area contributed by atoms with E-state index in [1.807, 2.05) is 13.0 Å². The number of carbonyl (C=O) groups is 1. The summed E-state index contributed by atoms with van der Waals surface area (Å²) in [5.41, 5.74) is 2.76. The molecule has 212 valence electrons. The average molecular weight is 564 g/mol. The molecule has 5 rings (SSSR count). The lowest BCUT2D eigenvalue weighted by atomic mass is 9.94. The molecule has 1 atom stereocenters. The van der Waals surface area contributed by atoms with Crippen molar-refractivity contribution < 1.29 is 27.4 Å². The van der Waals surface area contributed by atoms with Crippen molar-refractivity contribution in [1.29, 1.82) is 0 Å². The first-order chi connectivity index (χ1) is 19.6. The van der Waals surface area contributed by atoms with Gasteiger partial charge in [0.2, 0.25) is 0 Å². The number of aromatic nitrogens is 2. The molecule has 8 nitrogen and oxygen atoms in total. The number of fused-ring (bicyclic) bond motifs is 1. The van der Waals surface area contributed by atoms with Gasteiger partial charge in [-0.2, -0.15) is 23.4 Å². The highest BCUT2D eigenvalue weighted by atomic mass is 19.4. The van der Waals surface area contributed by atoms with Crippen LogP contribution in [0.4, 0.5) is 18.0 Å². The minimum Gasteiger partial charge on any atom is -0.493 e. The van der Waals surface area contributed by atoms with Crippen LogP contribution in [0.3, 0.4) is 0 Å². The van der Waals surface area contributed by atoms with Crippen LogP contribution in [0.2, 0.25) is 0 Å². The minimum absolute atomic E-state index is 0.209. The van der Waals surface area contributed by atoms with Crippen molar-refractivity contribution in [3.05, 3.63) is 95.2 Å². The highest BCUT2D eigenvalue weighted by Gasteiger charge is 2.36. The van der Waals surface area contributed by atoms with Crippen LogP contribution in [0, 0.1) is 0 Å². The van der Waals surface area contributed by atoms with Crippen molar-refractivity contribution in [3.8, 4) is 28.4 Å². The van der Waals surface area contributed by atoms with Gasteiger partial charge in [0.1, 0.15) is 5.69 Å². The van der Waals surface area contributed by atoms with Gasteiger partial charge in [0, 0.05) is 23.7 Å². The summed E-state index contributed by atoms with van der Waals surface area (Å²) in [6.45, 7) is 1.88. The van der Waals surface area contributed by atoms with Gasteiger partial charge in [-0.05, 0) is 49.2 Å². The standard InChI is InChI=1S/C30H28F3N5O3/c1-18-14-21-15-25(40-3)26(41-4)16-23(21)28(36-37(18)29(39)34-2)20-10-12-22(13-11-20)38-27(30(31,32)33)17-24(35-38)19-8-6-5-7-9-19/h5-13,15-18H,14H2,1-4H3,(H,34,39). The van der Waals surface area contributed by atoms with E-state index >= 15 is 0 Å². The van der Waals surface area contributed by atoms with Gasteiger partial charge in [0.25, 0.3) is 0 Å². The Labute approximate surface area is 235 Å². The molecule has 1 aliphatic heterocycles. The fourth-order valence-electron chi connectivity index (χ4n) is 4.84. The average Bonchev–Trinajstić information content (AvgIpc) is 3.39. The zero-order valence-electron chi connectivity index (χ0n) is 22.9. The molecule has 1 N–H and O–H groups in total. The number of urea groups is 1. The fourth-order valence-corrected chi connectivity index (χ4v) is 4.84. The zero-order valence-corrected chi connectivity index (χ0v) is 22.9. The Balaban J connectivity index is 1.62. The summed E-state index contributed by atoms with van der Waals surface area (Å²) in [4.78, 5) is 12.7. The Kier molecular flexibility index (Phi) is 7.44. The third kappa shape index (κ3) is 5.34. The minimum atomic E-state index is -4.62. The smallest absolute Gasteiger partial charge is 0.433 e. The molecule has 11 heteroatoms. The van der Waals surface area contributed by atoms with E-state index in [0.29, 0.717) is 34.8 Å². The second-order valence-corrected chi connectivity index (χ2v) is 9.50. The van der Waals surface area contributed by atoms with Crippen molar-refractivity contribution in [2.45, 2.75) is 25.6 Å². The van der Waals surface area contributed by atoms with Gasteiger partial charge in [0.15, 0.2) is 11.5 Å². The number of amides is 2. The summed E-state index contributed by atoms with van der Waals surface area (Å²) >= 11 is 0. The van der Waals surface area contributed by atoms with Gasteiger partial charge in [-0.25, -0.2) is 14.5 Å². The lowest BCUT2D eigenvalue weighted by Crippen LogP contribution is -2.41. The van der Waals surface area contributed by atoms with Crippen LogP contribution in [0.15, 0.2) is 77.9 Å². The second kappa shape index (κ2) is 11.0. The molecule has 0 aliphatic carbocycles. The van der Waals surface area contributed by atoms with Gasteiger partial charge in [-0.3, -0.25) is 0 Å². The van der Waals surface area contributed by atoms with E-state index in [9.17, 15) is 18.0 Å². The summed E-state index contributed by atoms with van der Waals surface area (Å²) in [5, 5.41) is 13.0. The molecule has 2 amide bonds. The Hall–Kier alpha value is -4.80. The van der Waals surface area contributed by atoms with E-state index in [-0.39, 0.29) is 17.4 Å². The number of hydrazone groups is 1. The maximum absolute atomic E-state index is 14.0. The van der Waals surface area contributed by atoms with E-state index in [2.05, 4.69) is 10.4 Å². The molecular weight excluding hydrogens is 535 g/mol. The van der Waals surface area contributed by atoms with Crippen LogP contribution in [0.25, 0.3) is 16.9 Å². The van der Waals surface area contributed by atoms with Crippen LogP contribution in [0.5, 0.6) is 11.5 Å². The number of methoxy groups -OCH3 is 2. The fraction of sp³-hybridized carbons (Fsp3) is 0.233. The van der Waals surface area contributed by atoms with E-state index in [0.717, 1.165) is 21.9 Å². The monoisotopic (exact) mass is 563 g/mol. The predicted octanol–water partition coefficient (Wildman–Crippen LogP) is 5.91. The van der Waals surface area contributed by atoms with Crippen molar-refractivity contribution in [3.63, 3.8) is 0 Å². The molecule has 2 heterocycles. The summed E-state index contributed by atoms with van der Waals surface area (Å²) in [6, 6.07) is 19.1. The number of alkyl halides is 3. The van der Waals surface area contributed by atoms with Gasteiger partial charge in [-0.1, -0.05) is 42.5 Å². The summed E-state index contributed by atoms with van der Waals surface area (Å²) in [6.07, 6.45) is -4.14.